The van der Waals surface area contributed by atoms with E-state index in [4.69, 9.17) is 9.47 Å². The predicted molar refractivity (Wildman–Crippen MR) is 120 cm³/mol. The largest absolute Gasteiger partial charge is 0.479 e. The molecule has 0 aliphatic rings. The summed E-state index contributed by atoms with van der Waals surface area (Å²) >= 11 is 0. The van der Waals surface area contributed by atoms with E-state index in [1.807, 2.05) is 0 Å². The average Bonchev–Trinajstić information content (AvgIpc) is 2.71. The second-order valence-electron chi connectivity index (χ2n) is 8.21. The highest BCUT2D eigenvalue weighted by Crippen LogP contribution is 2.13. The van der Waals surface area contributed by atoms with Gasteiger partial charge >= 0.3 is 11.9 Å². The maximum Gasteiger partial charge on any atom is 0.336 e. The van der Waals surface area contributed by atoms with Crippen molar-refractivity contribution in [2.45, 2.75) is 129 Å². The zero-order valence-corrected chi connectivity index (χ0v) is 19.4. The summed E-state index contributed by atoms with van der Waals surface area (Å²) in [5, 5.41) is 18.8. The molecule has 0 amide bonds. The number of aliphatic carboxylic acids is 2. The molecule has 0 aliphatic carbocycles. The molecule has 2 atom stereocenters. The van der Waals surface area contributed by atoms with Crippen LogP contribution in [-0.4, -0.2) is 47.6 Å². The summed E-state index contributed by atoms with van der Waals surface area (Å²) in [6, 6.07) is 0. The van der Waals surface area contributed by atoms with Crippen molar-refractivity contribution in [1.82, 2.24) is 0 Å². The number of hydrogen-bond acceptors (Lipinski definition) is 4. The Hall–Kier alpha value is -1.14. The summed E-state index contributed by atoms with van der Waals surface area (Å²) in [6.07, 6.45) is 15.1. The smallest absolute Gasteiger partial charge is 0.336 e. The van der Waals surface area contributed by atoms with Gasteiger partial charge in [-0.3, -0.25) is 0 Å². The quantitative estimate of drug-likeness (QED) is 0.187. The lowest BCUT2D eigenvalue weighted by molar-refractivity contribution is -0.176. The van der Waals surface area contributed by atoms with Crippen molar-refractivity contribution in [2.24, 2.45) is 0 Å². The fraction of sp³-hybridized carbons (Fsp3) is 0.917. The van der Waals surface area contributed by atoms with E-state index in [2.05, 4.69) is 13.8 Å². The molecule has 2 N–H and O–H groups in total. The summed E-state index contributed by atoms with van der Waals surface area (Å²) in [4.78, 5) is 23.0. The molecular formula is C24H46O6. The Kier molecular flexibility index (Phi) is 20.3. The number of carboxylic acids is 2. The van der Waals surface area contributed by atoms with Crippen molar-refractivity contribution >= 4 is 11.9 Å². The second-order valence-corrected chi connectivity index (χ2v) is 8.21. The third kappa shape index (κ3) is 16.6. The van der Waals surface area contributed by atoms with Crippen LogP contribution in [0.4, 0.5) is 0 Å². The van der Waals surface area contributed by atoms with Gasteiger partial charge in [-0.15, -0.1) is 0 Å². The Bertz CT molecular complexity index is 375. The molecule has 0 aromatic heterocycles. The summed E-state index contributed by atoms with van der Waals surface area (Å²) in [5.41, 5.74) is 0. The van der Waals surface area contributed by atoms with Gasteiger partial charge in [0, 0.05) is 13.2 Å². The van der Waals surface area contributed by atoms with Gasteiger partial charge in [0.1, 0.15) is 0 Å². The Morgan fingerprint density at radius 3 is 1.07 bits per heavy atom. The number of carbonyl (C=O) groups is 2. The normalized spacial score (nSPS) is 13.3. The molecule has 0 saturated carbocycles. The van der Waals surface area contributed by atoms with Crippen molar-refractivity contribution in [1.29, 1.82) is 0 Å². The number of hydrogen-bond donors (Lipinski definition) is 2. The van der Waals surface area contributed by atoms with Crippen LogP contribution in [0, 0.1) is 0 Å². The lowest BCUT2D eigenvalue weighted by Crippen LogP contribution is -2.44. The summed E-state index contributed by atoms with van der Waals surface area (Å²) in [6.45, 7) is 4.88. The van der Waals surface area contributed by atoms with Crippen LogP contribution >= 0.6 is 0 Å². The Morgan fingerprint density at radius 1 is 0.533 bits per heavy atom. The van der Waals surface area contributed by atoms with Crippen LogP contribution in [0.1, 0.15) is 117 Å². The van der Waals surface area contributed by atoms with Crippen LogP contribution in [0.25, 0.3) is 0 Å². The molecule has 0 bridgehead atoms. The first-order valence-electron chi connectivity index (χ1n) is 12.2. The topological polar surface area (TPSA) is 93.1 Å². The van der Waals surface area contributed by atoms with E-state index in [0.717, 1.165) is 38.5 Å². The van der Waals surface area contributed by atoms with Crippen LogP contribution in [0.3, 0.4) is 0 Å². The molecule has 0 heterocycles. The summed E-state index contributed by atoms with van der Waals surface area (Å²) in [7, 11) is 0. The summed E-state index contributed by atoms with van der Waals surface area (Å²) in [5.74, 6) is -2.56. The van der Waals surface area contributed by atoms with Crippen LogP contribution < -0.4 is 0 Å². The zero-order valence-electron chi connectivity index (χ0n) is 19.4. The lowest BCUT2D eigenvalue weighted by Gasteiger charge is -2.21. The molecule has 2 unspecified atom stereocenters. The summed E-state index contributed by atoms with van der Waals surface area (Å²) < 4.78 is 10.8. The van der Waals surface area contributed by atoms with Gasteiger partial charge in [-0.1, -0.05) is 104 Å². The SMILES string of the molecule is CCCCCCCCCCOC(C(=O)O)C(OCCCCCCCCCC)C(=O)O. The molecule has 6 heteroatoms. The van der Waals surface area contributed by atoms with E-state index in [1.54, 1.807) is 0 Å². The van der Waals surface area contributed by atoms with Gasteiger partial charge < -0.3 is 19.7 Å². The molecule has 0 rings (SSSR count). The first kappa shape index (κ1) is 28.9. The third-order valence-corrected chi connectivity index (χ3v) is 5.35. The molecule has 6 nitrogen and oxygen atoms in total. The number of unbranched alkanes of at least 4 members (excludes halogenated alkanes) is 14. The van der Waals surface area contributed by atoms with Crippen molar-refractivity contribution in [3.05, 3.63) is 0 Å². The zero-order chi connectivity index (χ0) is 22.5. The van der Waals surface area contributed by atoms with E-state index >= 15 is 0 Å². The van der Waals surface area contributed by atoms with E-state index in [0.29, 0.717) is 0 Å². The molecule has 0 saturated heterocycles. The number of carboxylic acid groups (broad SMARTS) is 2. The molecule has 0 spiro atoms. The first-order chi connectivity index (χ1) is 14.5. The van der Waals surface area contributed by atoms with Gasteiger partial charge in [0.15, 0.2) is 12.2 Å². The lowest BCUT2D eigenvalue weighted by atomic mass is 10.1. The highest BCUT2D eigenvalue weighted by Gasteiger charge is 2.35. The van der Waals surface area contributed by atoms with Gasteiger partial charge in [-0.25, -0.2) is 9.59 Å². The highest BCUT2D eigenvalue weighted by atomic mass is 16.6. The van der Waals surface area contributed by atoms with E-state index in [-0.39, 0.29) is 13.2 Å². The third-order valence-electron chi connectivity index (χ3n) is 5.35. The van der Waals surface area contributed by atoms with Gasteiger partial charge in [0.25, 0.3) is 0 Å². The minimum Gasteiger partial charge on any atom is -0.479 e. The predicted octanol–water partition coefficient (Wildman–Crippen LogP) is 6.21. The van der Waals surface area contributed by atoms with Gasteiger partial charge in [-0.2, -0.15) is 0 Å². The molecule has 0 aliphatic heterocycles. The van der Waals surface area contributed by atoms with Gasteiger partial charge in [0.2, 0.25) is 0 Å². The number of rotatable bonds is 23. The van der Waals surface area contributed by atoms with Crippen LogP contribution in [0.15, 0.2) is 0 Å². The molecular weight excluding hydrogens is 384 g/mol. The van der Waals surface area contributed by atoms with Crippen LogP contribution in [-0.2, 0) is 19.1 Å². The van der Waals surface area contributed by atoms with Crippen molar-refractivity contribution in [2.75, 3.05) is 13.2 Å². The Morgan fingerprint density at radius 2 is 0.800 bits per heavy atom. The molecule has 178 valence electrons. The Balaban J connectivity index is 4.02. The van der Waals surface area contributed by atoms with Crippen LogP contribution in [0.2, 0.25) is 0 Å². The number of ether oxygens (including phenoxy) is 2. The van der Waals surface area contributed by atoms with Gasteiger partial charge in [0.05, 0.1) is 0 Å². The van der Waals surface area contributed by atoms with Crippen LogP contribution in [0.5, 0.6) is 0 Å². The van der Waals surface area contributed by atoms with Crippen molar-refractivity contribution in [3.8, 4) is 0 Å². The minimum atomic E-state index is -1.46. The maximum absolute atomic E-state index is 11.5. The minimum absolute atomic E-state index is 0.247. The highest BCUT2D eigenvalue weighted by molar-refractivity contribution is 5.83. The first-order valence-corrected chi connectivity index (χ1v) is 12.2. The van der Waals surface area contributed by atoms with Crippen molar-refractivity contribution in [3.63, 3.8) is 0 Å². The van der Waals surface area contributed by atoms with E-state index in [1.165, 1.54) is 64.2 Å². The van der Waals surface area contributed by atoms with E-state index in [9.17, 15) is 19.8 Å². The fourth-order valence-electron chi connectivity index (χ4n) is 3.47. The van der Waals surface area contributed by atoms with E-state index < -0.39 is 24.1 Å². The maximum atomic E-state index is 11.5. The molecule has 0 fully saturated rings. The molecule has 0 aromatic carbocycles. The standard InChI is InChI=1S/C24H46O6/c1-3-5-7-9-11-13-15-17-19-29-21(23(25)26)22(24(27)28)30-20-18-16-14-12-10-8-6-4-2/h21-22H,3-20H2,1-2H3,(H,25,26)(H,27,28). The average molecular weight is 431 g/mol. The molecule has 30 heavy (non-hydrogen) atoms. The monoisotopic (exact) mass is 430 g/mol. The Labute approximate surface area is 183 Å². The molecule has 0 radical (unpaired) electrons. The molecule has 0 aromatic rings. The second kappa shape index (κ2) is 21.1. The fourth-order valence-corrected chi connectivity index (χ4v) is 3.47. The van der Waals surface area contributed by atoms with Crippen molar-refractivity contribution < 1.29 is 29.3 Å². The van der Waals surface area contributed by atoms with Gasteiger partial charge in [-0.05, 0) is 12.8 Å².